The highest BCUT2D eigenvalue weighted by Crippen LogP contribution is 2.32. The molecule has 2 heterocycles. The van der Waals surface area contributed by atoms with Crippen molar-refractivity contribution in [3.05, 3.63) is 77.1 Å². The number of fused-ring (bicyclic) bond motifs is 1. The van der Waals surface area contributed by atoms with Crippen molar-refractivity contribution in [2.24, 2.45) is 0 Å². The van der Waals surface area contributed by atoms with E-state index in [1.807, 2.05) is 44.2 Å². The molecular weight excluding hydrogens is 380 g/mol. The highest BCUT2D eigenvalue weighted by atomic mass is 32.1. The number of anilines is 1. The first-order valence-corrected chi connectivity index (χ1v) is 10.5. The summed E-state index contributed by atoms with van der Waals surface area (Å²) in [4.78, 5) is 20.2. The highest BCUT2D eigenvalue weighted by molar-refractivity contribution is 7.22. The summed E-state index contributed by atoms with van der Waals surface area (Å²) in [6, 6.07) is 16.1. The predicted molar refractivity (Wildman–Crippen MR) is 119 cm³/mol. The SMILES string of the molecule is Cc1cc2nc(N(Cc3ccccc3)C(=O)c3ccnn3C(C)C)sc2cc1C. The second-order valence-electron chi connectivity index (χ2n) is 7.53. The summed E-state index contributed by atoms with van der Waals surface area (Å²) < 4.78 is 2.86. The van der Waals surface area contributed by atoms with Gasteiger partial charge >= 0.3 is 0 Å². The van der Waals surface area contributed by atoms with Gasteiger partial charge in [0.15, 0.2) is 5.13 Å². The van der Waals surface area contributed by atoms with Gasteiger partial charge in [0, 0.05) is 12.2 Å². The van der Waals surface area contributed by atoms with Crippen molar-refractivity contribution in [2.45, 2.75) is 40.3 Å². The molecule has 0 aliphatic carbocycles. The minimum atomic E-state index is -0.0902. The van der Waals surface area contributed by atoms with Crippen LogP contribution in [0.5, 0.6) is 0 Å². The van der Waals surface area contributed by atoms with E-state index in [9.17, 15) is 4.79 Å². The molecule has 4 rings (SSSR count). The Bertz CT molecular complexity index is 1120. The largest absolute Gasteiger partial charge is 0.278 e. The van der Waals surface area contributed by atoms with E-state index in [1.165, 1.54) is 11.1 Å². The van der Waals surface area contributed by atoms with Gasteiger partial charge in [0.1, 0.15) is 5.69 Å². The summed E-state index contributed by atoms with van der Waals surface area (Å²) in [6.45, 7) is 8.69. The van der Waals surface area contributed by atoms with Crippen molar-refractivity contribution in [1.82, 2.24) is 14.8 Å². The molecule has 148 valence electrons. The molecule has 2 aromatic carbocycles. The van der Waals surface area contributed by atoms with Crippen LogP contribution < -0.4 is 4.90 Å². The predicted octanol–water partition coefficient (Wildman–Crippen LogP) is 5.54. The van der Waals surface area contributed by atoms with Gasteiger partial charge in [-0.15, -0.1) is 0 Å². The molecular formula is C23H24N4OS. The lowest BCUT2D eigenvalue weighted by Crippen LogP contribution is -2.32. The van der Waals surface area contributed by atoms with Crippen LogP contribution in [0.4, 0.5) is 5.13 Å². The third-order valence-electron chi connectivity index (χ3n) is 5.03. The quantitative estimate of drug-likeness (QED) is 0.439. The van der Waals surface area contributed by atoms with Crippen molar-refractivity contribution in [3.8, 4) is 0 Å². The summed E-state index contributed by atoms with van der Waals surface area (Å²) in [5.74, 6) is -0.0902. The number of aryl methyl sites for hydroxylation is 2. The molecule has 5 nitrogen and oxygen atoms in total. The highest BCUT2D eigenvalue weighted by Gasteiger charge is 2.25. The molecule has 4 aromatic rings. The first kappa shape index (κ1) is 19.3. The zero-order chi connectivity index (χ0) is 20.5. The first-order chi connectivity index (χ1) is 13.9. The van der Waals surface area contributed by atoms with E-state index in [0.717, 1.165) is 15.8 Å². The number of thiazole rings is 1. The number of carbonyl (C=O) groups excluding carboxylic acids is 1. The molecule has 0 bridgehead atoms. The topological polar surface area (TPSA) is 51.0 Å². The van der Waals surface area contributed by atoms with Crippen molar-refractivity contribution >= 4 is 32.6 Å². The summed E-state index contributed by atoms with van der Waals surface area (Å²) in [5.41, 5.74) is 4.99. The zero-order valence-electron chi connectivity index (χ0n) is 17.1. The molecule has 0 spiro atoms. The second-order valence-corrected chi connectivity index (χ2v) is 8.54. The molecule has 0 unspecified atom stereocenters. The third-order valence-corrected chi connectivity index (χ3v) is 6.07. The Morgan fingerprint density at radius 1 is 1.10 bits per heavy atom. The van der Waals surface area contributed by atoms with Crippen LogP contribution in [-0.2, 0) is 6.54 Å². The van der Waals surface area contributed by atoms with E-state index < -0.39 is 0 Å². The van der Waals surface area contributed by atoms with Gasteiger partial charge in [-0.3, -0.25) is 14.4 Å². The minimum absolute atomic E-state index is 0.0902. The Balaban J connectivity index is 1.80. The maximum absolute atomic E-state index is 13.6. The number of nitrogens with zero attached hydrogens (tertiary/aromatic N) is 4. The van der Waals surface area contributed by atoms with E-state index in [1.54, 1.807) is 33.2 Å². The van der Waals surface area contributed by atoms with Crippen LogP contribution in [0, 0.1) is 13.8 Å². The fourth-order valence-electron chi connectivity index (χ4n) is 3.31. The standard InChI is InChI=1S/C23H24N4OS/c1-15(2)27-20(10-11-24-27)22(28)26(14-18-8-6-5-7-9-18)23-25-19-12-16(3)17(4)13-21(19)29-23/h5-13,15H,14H2,1-4H3. The van der Waals surface area contributed by atoms with E-state index in [2.05, 4.69) is 31.1 Å². The summed E-state index contributed by atoms with van der Waals surface area (Å²) in [6.07, 6.45) is 1.68. The average molecular weight is 405 g/mol. The van der Waals surface area contributed by atoms with Crippen LogP contribution in [0.15, 0.2) is 54.7 Å². The lowest BCUT2D eigenvalue weighted by Gasteiger charge is -2.21. The summed E-state index contributed by atoms with van der Waals surface area (Å²) >= 11 is 1.55. The number of carbonyl (C=O) groups is 1. The Kier molecular flexibility index (Phi) is 5.20. The Hall–Kier alpha value is -2.99. The van der Waals surface area contributed by atoms with Crippen molar-refractivity contribution in [3.63, 3.8) is 0 Å². The van der Waals surface area contributed by atoms with Gasteiger partial charge in [-0.1, -0.05) is 41.7 Å². The van der Waals surface area contributed by atoms with Crippen LogP contribution in [-0.4, -0.2) is 20.7 Å². The molecule has 1 amide bonds. The lowest BCUT2D eigenvalue weighted by molar-refractivity contribution is 0.0973. The van der Waals surface area contributed by atoms with E-state index in [4.69, 9.17) is 4.98 Å². The molecule has 0 N–H and O–H groups in total. The van der Waals surface area contributed by atoms with Gasteiger partial charge in [0.25, 0.3) is 5.91 Å². The molecule has 0 saturated heterocycles. The molecule has 6 heteroatoms. The number of rotatable bonds is 5. The van der Waals surface area contributed by atoms with Crippen LogP contribution >= 0.6 is 11.3 Å². The number of benzene rings is 2. The van der Waals surface area contributed by atoms with Gasteiger partial charge in [-0.2, -0.15) is 5.10 Å². The van der Waals surface area contributed by atoms with E-state index in [-0.39, 0.29) is 11.9 Å². The Morgan fingerprint density at radius 2 is 1.83 bits per heavy atom. The molecule has 0 radical (unpaired) electrons. The Labute approximate surface area is 174 Å². The van der Waals surface area contributed by atoms with Crippen LogP contribution in [0.3, 0.4) is 0 Å². The third kappa shape index (κ3) is 3.80. The molecule has 29 heavy (non-hydrogen) atoms. The van der Waals surface area contributed by atoms with Crippen LogP contribution in [0.1, 0.15) is 47.1 Å². The van der Waals surface area contributed by atoms with Crippen LogP contribution in [0.25, 0.3) is 10.2 Å². The molecule has 0 saturated carbocycles. The fourth-order valence-corrected chi connectivity index (χ4v) is 4.35. The molecule has 0 atom stereocenters. The normalized spacial score (nSPS) is 11.3. The minimum Gasteiger partial charge on any atom is -0.278 e. The number of hydrogen-bond acceptors (Lipinski definition) is 4. The lowest BCUT2D eigenvalue weighted by atomic mass is 10.1. The molecule has 0 fully saturated rings. The van der Waals surface area contributed by atoms with Gasteiger partial charge in [-0.05, 0) is 62.6 Å². The van der Waals surface area contributed by atoms with Crippen molar-refractivity contribution in [1.29, 1.82) is 0 Å². The summed E-state index contributed by atoms with van der Waals surface area (Å²) in [7, 11) is 0. The van der Waals surface area contributed by atoms with Gasteiger partial charge in [0.2, 0.25) is 0 Å². The molecule has 0 aliphatic heterocycles. The second kappa shape index (κ2) is 7.79. The average Bonchev–Trinajstić information content (AvgIpc) is 3.34. The maximum Gasteiger partial charge on any atom is 0.278 e. The number of amides is 1. The zero-order valence-corrected chi connectivity index (χ0v) is 17.9. The van der Waals surface area contributed by atoms with E-state index >= 15 is 0 Å². The number of aromatic nitrogens is 3. The Morgan fingerprint density at radius 3 is 2.55 bits per heavy atom. The van der Waals surface area contributed by atoms with Gasteiger partial charge < -0.3 is 0 Å². The first-order valence-electron chi connectivity index (χ1n) is 9.71. The smallest absolute Gasteiger partial charge is 0.278 e. The molecule has 2 aromatic heterocycles. The van der Waals surface area contributed by atoms with E-state index in [0.29, 0.717) is 17.4 Å². The number of hydrogen-bond donors (Lipinski definition) is 0. The van der Waals surface area contributed by atoms with Crippen molar-refractivity contribution in [2.75, 3.05) is 4.90 Å². The van der Waals surface area contributed by atoms with Gasteiger partial charge in [-0.25, -0.2) is 4.98 Å². The van der Waals surface area contributed by atoms with Crippen LogP contribution in [0.2, 0.25) is 0 Å². The monoisotopic (exact) mass is 404 g/mol. The maximum atomic E-state index is 13.6. The fraction of sp³-hybridized carbons (Fsp3) is 0.261. The summed E-state index contributed by atoms with van der Waals surface area (Å²) in [5, 5.41) is 5.04. The van der Waals surface area contributed by atoms with Gasteiger partial charge in [0.05, 0.1) is 16.8 Å². The molecule has 0 aliphatic rings. The van der Waals surface area contributed by atoms with Crippen molar-refractivity contribution < 1.29 is 4.79 Å².